The van der Waals surface area contributed by atoms with E-state index in [0.717, 1.165) is 4.09 Å². The van der Waals surface area contributed by atoms with Crippen molar-refractivity contribution in [3.05, 3.63) is 65.0 Å². The third-order valence-corrected chi connectivity index (χ3v) is 7.80. The molecule has 0 aliphatic carbocycles. The Bertz CT molecular complexity index is 1560. The minimum atomic E-state index is 0.0649. The van der Waals surface area contributed by atoms with Crippen LogP contribution in [0.15, 0.2) is 12.1 Å². The highest BCUT2D eigenvalue weighted by atomic mass is 35.5. The van der Waals surface area contributed by atoms with Crippen LogP contribution in [0.4, 0.5) is 0 Å². The van der Waals surface area contributed by atoms with Crippen LogP contribution in [0.1, 0.15) is 22.8 Å². The Labute approximate surface area is 221 Å². The van der Waals surface area contributed by atoms with Gasteiger partial charge in [-0.3, -0.25) is 0 Å². The van der Waals surface area contributed by atoms with Gasteiger partial charge in [-0.15, -0.1) is 0 Å². The molecule has 2 aliphatic heterocycles. The molecule has 0 spiro atoms. The van der Waals surface area contributed by atoms with Crippen molar-refractivity contribution in [2.45, 2.75) is 0 Å². The molecule has 5 rings (SSSR count). The minimum absolute atomic E-state index is 0.0649. The Morgan fingerprint density at radius 3 is 1.78 bits per heavy atom. The van der Waals surface area contributed by atoms with Crippen LogP contribution in [0, 0.1) is 0 Å². The summed E-state index contributed by atoms with van der Waals surface area (Å²) < 4.78 is 1.15. The van der Waals surface area contributed by atoms with Crippen molar-refractivity contribution in [3.8, 4) is 0 Å². The first-order valence-electron chi connectivity index (χ1n) is 8.73. The van der Waals surface area contributed by atoms with Gasteiger partial charge < -0.3 is 4.98 Å². The second-order valence-corrected chi connectivity index (χ2v) is 9.71. The number of nitrogens with one attached hydrogen (secondary N) is 1. The van der Waals surface area contributed by atoms with Crippen LogP contribution in [0.2, 0.25) is 30.1 Å². The number of hydrogen-bond donors (Lipinski definition) is 1. The van der Waals surface area contributed by atoms with Gasteiger partial charge >= 0.3 is 0 Å². The lowest BCUT2D eigenvalue weighted by Gasteiger charge is -2.00. The number of aromatic nitrogens is 4. The topological polar surface area (TPSA) is 46.5 Å². The van der Waals surface area contributed by atoms with Crippen molar-refractivity contribution in [2.75, 3.05) is 0 Å². The van der Waals surface area contributed by atoms with E-state index in [1.165, 1.54) is 0 Å². The van der Waals surface area contributed by atoms with E-state index in [2.05, 4.69) is 15.0 Å². The van der Waals surface area contributed by atoms with Gasteiger partial charge in [0.2, 0.25) is 0 Å². The van der Waals surface area contributed by atoms with Crippen molar-refractivity contribution in [2.24, 2.45) is 0 Å². The first-order valence-corrected chi connectivity index (χ1v) is 11.7. The third kappa shape index (κ3) is 3.44. The van der Waals surface area contributed by atoms with Crippen molar-refractivity contribution in [1.82, 2.24) is 19.0 Å². The maximum Gasteiger partial charge on any atom is 0.103 e. The number of H-pyrrole nitrogens is 1. The van der Waals surface area contributed by atoms with Crippen molar-refractivity contribution >= 4 is 138 Å². The summed E-state index contributed by atoms with van der Waals surface area (Å²) in [5, 5.41) is 1.29. The SMILES string of the molecule is ClC1=Cc2nc1c(Cl)c1c(Cl)c(Cl)c(c(Cl)c3nc(c(Cl)c4ccc([nH]4)c2Cl)C=C3)n1Cl. The second kappa shape index (κ2) is 8.30. The normalized spacial score (nSPS) is 13.1. The Morgan fingerprint density at radius 2 is 1.16 bits per heavy atom. The summed E-state index contributed by atoms with van der Waals surface area (Å²) in [5.74, 6) is 0. The molecule has 12 heteroatoms. The molecule has 0 atom stereocenters. The second-order valence-electron chi connectivity index (χ2n) is 6.70. The van der Waals surface area contributed by atoms with E-state index < -0.39 is 0 Å². The highest BCUT2D eigenvalue weighted by molar-refractivity contribution is 6.55. The fourth-order valence-corrected chi connectivity index (χ4v) is 5.75. The monoisotopic (exact) mass is 582 g/mol. The van der Waals surface area contributed by atoms with E-state index >= 15 is 0 Å². The molecule has 8 bridgehead atoms. The summed E-state index contributed by atoms with van der Waals surface area (Å²) in [7, 11) is 0. The zero-order chi connectivity index (χ0) is 22.9. The highest BCUT2D eigenvalue weighted by Crippen LogP contribution is 2.44. The fourth-order valence-electron chi connectivity index (χ4n) is 3.29. The van der Waals surface area contributed by atoms with Crippen LogP contribution < -0.4 is 0 Å². The quantitative estimate of drug-likeness (QED) is 0.223. The Hall–Kier alpha value is -1.08. The van der Waals surface area contributed by atoms with E-state index in [9.17, 15) is 0 Å². The Kier molecular flexibility index (Phi) is 5.89. The standard InChI is InChI=1S/C20H6Cl8N4/c21-6-5-11-13(23)9-2-1-7(29-9)12(22)8-3-4-10(30-8)14(24)19-15(25)16(26)20(32(19)28)17(27)18(6)31-11/h1-5,29H. The largest absolute Gasteiger partial charge is 0.353 e. The van der Waals surface area contributed by atoms with Crippen LogP contribution in [0.25, 0.3) is 45.3 Å². The van der Waals surface area contributed by atoms with Gasteiger partial charge in [-0.05, 0) is 30.4 Å². The molecule has 4 nitrogen and oxygen atoms in total. The molecule has 0 fully saturated rings. The molecule has 5 heterocycles. The van der Waals surface area contributed by atoms with Gasteiger partial charge in [-0.25, -0.2) is 14.1 Å². The average molecular weight is 586 g/mol. The zero-order valence-corrected chi connectivity index (χ0v) is 21.3. The third-order valence-electron chi connectivity index (χ3n) is 4.82. The van der Waals surface area contributed by atoms with Gasteiger partial charge in [0.1, 0.15) is 5.69 Å². The van der Waals surface area contributed by atoms with Gasteiger partial charge in [0, 0.05) is 11.8 Å². The molecular weight excluding hydrogens is 580 g/mol. The number of aromatic amines is 1. The van der Waals surface area contributed by atoms with Crippen LogP contribution >= 0.6 is 93.0 Å². The molecule has 32 heavy (non-hydrogen) atoms. The first kappa shape index (κ1) is 22.7. The molecule has 2 aliphatic rings. The van der Waals surface area contributed by atoms with E-state index in [1.807, 2.05) is 0 Å². The van der Waals surface area contributed by atoms with Crippen LogP contribution in [-0.4, -0.2) is 19.0 Å². The lowest BCUT2D eigenvalue weighted by molar-refractivity contribution is 1.30. The molecule has 1 N–H and O–H groups in total. The van der Waals surface area contributed by atoms with Crippen LogP contribution in [0.3, 0.4) is 0 Å². The summed E-state index contributed by atoms with van der Waals surface area (Å²) in [5.41, 5.74) is 3.01. The lowest BCUT2D eigenvalue weighted by atomic mass is 10.3. The van der Waals surface area contributed by atoms with E-state index in [1.54, 1.807) is 30.4 Å². The summed E-state index contributed by atoms with van der Waals surface area (Å²) in [6.07, 6.45) is 4.97. The number of halogens is 8. The minimum Gasteiger partial charge on any atom is -0.353 e. The van der Waals surface area contributed by atoms with Crippen LogP contribution in [0.5, 0.6) is 0 Å². The van der Waals surface area contributed by atoms with Gasteiger partial charge in [0.15, 0.2) is 0 Å². The molecule has 0 aromatic carbocycles. The Morgan fingerprint density at radius 1 is 0.625 bits per heavy atom. The molecule has 0 amide bonds. The number of rotatable bonds is 0. The smallest absolute Gasteiger partial charge is 0.103 e. The van der Waals surface area contributed by atoms with Crippen LogP contribution in [-0.2, 0) is 0 Å². The molecule has 3 aromatic rings. The van der Waals surface area contributed by atoms with Crippen molar-refractivity contribution in [1.29, 1.82) is 0 Å². The van der Waals surface area contributed by atoms with Gasteiger partial charge in [0.25, 0.3) is 0 Å². The highest BCUT2D eigenvalue weighted by Gasteiger charge is 2.23. The summed E-state index contributed by atoms with van der Waals surface area (Å²) in [4.78, 5) is 12.1. The summed E-state index contributed by atoms with van der Waals surface area (Å²) in [6.45, 7) is 0. The molecule has 0 unspecified atom stereocenters. The number of fused-ring (bicyclic) bond motifs is 8. The van der Waals surface area contributed by atoms with Gasteiger partial charge in [-0.2, -0.15) is 0 Å². The van der Waals surface area contributed by atoms with Crippen molar-refractivity contribution in [3.63, 3.8) is 0 Å². The lowest BCUT2D eigenvalue weighted by Crippen LogP contribution is -1.86. The maximum absolute atomic E-state index is 6.63. The predicted molar refractivity (Wildman–Crippen MR) is 139 cm³/mol. The first-order chi connectivity index (χ1) is 15.2. The zero-order valence-electron chi connectivity index (χ0n) is 15.3. The van der Waals surface area contributed by atoms with E-state index in [0.29, 0.717) is 38.2 Å². The fraction of sp³-hybridized carbons (Fsp3) is 0. The molecular formula is C20H6Cl8N4. The average Bonchev–Trinajstić information content (AvgIpc) is 3.53. The summed E-state index contributed by atoms with van der Waals surface area (Å²) in [6, 6.07) is 3.54. The molecule has 0 saturated heterocycles. The maximum atomic E-state index is 6.63. The van der Waals surface area contributed by atoms with E-state index in [4.69, 9.17) is 93.0 Å². The Balaban J connectivity index is 2.07. The number of nitrogens with zero attached hydrogens (tertiary/aromatic N) is 3. The molecule has 3 aromatic heterocycles. The number of hydrogen-bond acceptors (Lipinski definition) is 2. The molecule has 0 saturated carbocycles. The predicted octanol–water partition coefficient (Wildman–Crippen LogP) is 9.62. The molecule has 0 radical (unpaired) electrons. The molecule has 162 valence electrons. The van der Waals surface area contributed by atoms with Crippen molar-refractivity contribution < 1.29 is 0 Å². The summed E-state index contributed by atoms with van der Waals surface area (Å²) >= 11 is 52.3. The van der Waals surface area contributed by atoms with E-state index in [-0.39, 0.29) is 41.9 Å². The van der Waals surface area contributed by atoms with Gasteiger partial charge in [-0.1, -0.05) is 81.2 Å². The van der Waals surface area contributed by atoms with Gasteiger partial charge in [0.05, 0.1) is 74.3 Å².